The molecule has 0 bridgehead atoms. The molecule has 1 amide bonds. The number of fused-ring (bicyclic) bond motifs is 2. The monoisotopic (exact) mass is 532 g/mol. The lowest BCUT2D eigenvalue weighted by atomic mass is 9.96. The minimum Gasteiger partial charge on any atom is -0.505 e. The van der Waals surface area contributed by atoms with E-state index in [0.717, 1.165) is 10.3 Å². The summed E-state index contributed by atoms with van der Waals surface area (Å²) in [7, 11) is 0. The highest BCUT2D eigenvalue weighted by atomic mass is 35.5. The minimum atomic E-state index is -1.04. The molecule has 7 nitrogen and oxygen atoms in total. The standard InChI is InChI=1S/C27H18ClFN4O3S/c1-13-4-3-11-32-14(2)21(31-25(13)32)23(34)20-22(15-5-8-17(29)9-6-15)33(26(36)24(20)35)27-30-18-10-7-16(28)12-19(18)37-27/h3-12,22,34H,1-2H3/b23-20+. The van der Waals surface area contributed by atoms with Crippen LogP contribution in [0.4, 0.5) is 9.52 Å². The smallest absolute Gasteiger partial charge is 0.301 e. The van der Waals surface area contributed by atoms with Crippen molar-refractivity contribution in [2.24, 2.45) is 0 Å². The molecule has 0 spiro atoms. The molecule has 4 heterocycles. The van der Waals surface area contributed by atoms with Crippen LogP contribution < -0.4 is 4.90 Å². The number of aliphatic hydroxyl groups is 1. The van der Waals surface area contributed by atoms with Crippen LogP contribution >= 0.6 is 22.9 Å². The average molecular weight is 533 g/mol. The molecule has 0 saturated carbocycles. The zero-order chi connectivity index (χ0) is 26.0. The van der Waals surface area contributed by atoms with Crippen LogP contribution in [-0.4, -0.2) is 31.2 Å². The molecule has 10 heteroatoms. The number of Topliss-reactive ketones (excluding diaryl/α,β-unsaturated/α-hetero) is 1. The third-order valence-corrected chi connectivity index (χ3v) is 7.74. The van der Waals surface area contributed by atoms with Gasteiger partial charge >= 0.3 is 5.91 Å². The molecular formula is C27H18ClFN4O3S. The summed E-state index contributed by atoms with van der Waals surface area (Å²) in [5.74, 6) is -2.60. The molecule has 184 valence electrons. The summed E-state index contributed by atoms with van der Waals surface area (Å²) in [6, 6.07) is 13.3. The molecule has 6 rings (SSSR count). The first-order valence-electron chi connectivity index (χ1n) is 11.3. The molecule has 1 aliphatic heterocycles. The second kappa shape index (κ2) is 8.50. The van der Waals surface area contributed by atoms with Gasteiger partial charge < -0.3 is 9.51 Å². The van der Waals surface area contributed by atoms with Crippen molar-refractivity contribution in [3.05, 3.63) is 99.7 Å². The summed E-state index contributed by atoms with van der Waals surface area (Å²) in [6.45, 7) is 3.66. The van der Waals surface area contributed by atoms with Crippen molar-refractivity contribution in [1.29, 1.82) is 0 Å². The Bertz CT molecular complexity index is 1790. The molecule has 0 aliphatic carbocycles. The molecule has 2 aromatic carbocycles. The van der Waals surface area contributed by atoms with Gasteiger partial charge in [-0.3, -0.25) is 14.5 Å². The van der Waals surface area contributed by atoms with Crippen molar-refractivity contribution >= 4 is 61.4 Å². The summed E-state index contributed by atoms with van der Waals surface area (Å²) >= 11 is 7.32. The van der Waals surface area contributed by atoms with Gasteiger partial charge in [-0.25, -0.2) is 14.4 Å². The topological polar surface area (TPSA) is 87.8 Å². The van der Waals surface area contributed by atoms with Crippen LogP contribution in [-0.2, 0) is 9.59 Å². The van der Waals surface area contributed by atoms with E-state index in [-0.39, 0.29) is 16.4 Å². The molecule has 1 fully saturated rings. The van der Waals surface area contributed by atoms with Gasteiger partial charge in [0.2, 0.25) is 0 Å². The molecule has 1 atom stereocenters. The number of rotatable bonds is 3. The third-order valence-electron chi connectivity index (χ3n) is 6.48. The van der Waals surface area contributed by atoms with E-state index in [0.29, 0.717) is 27.4 Å². The number of anilines is 1. The van der Waals surface area contributed by atoms with Gasteiger partial charge in [-0.15, -0.1) is 0 Å². The number of hydrogen-bond donors (Lipinski definition) is 1. The maximum absolute atomic E-state index is 13.8. The number of hydrogen-bond acceptors (Lipinski definition) is 6. The molecular weight excluding hydrogens is 515 g/mol. The summed E-state index contributed by atoms with van der Waals surface area (Å²) in [5.41, 5.74) is 3.21. The van der Waals surface area contributed by atoms with E-state index in [2.05, 4.69) is 9.97 Å². The summed E-state index contributed by atoms with van der Waals surface area (Å²) in [4.78, 5) is 37.3. The maximum atomic E-state index is 13.8. The first kappa shape index (κ1) is 23.3. The number of carbonyl (C=O) groups is 2. The lowest BCUT2D eigenvalue weighted by molar-refractivity contribution is -0.132. The van der Waals surface area contributed by atoms with E-state index in [1.165, 1.54) is 40.5 Å². The van der Waals surface area contributed by atoms with E-state index in [1.807, 2.05) is 29.7 Å². The van der Waals surface area contributed by atoms with Crippen LogP contribution in [0.25, 0.3) is 21.6 Å². The molecule has 37 heavy (non-hydrogen) atoms. The number of benzene rings is 2. The van der Waals surface area contributed by atoms with E-state index >= 15 is 0 Å². The Morgan fingerprint density at radius 1 is 1.08 bits per heavy atom. The van der Waals surface area contributed by atoms with Crippen LogP contribution in [0.2, 0.25) is 5.02 Å². The van der Waals surface area contributed by atoms with Crippen LogP contribution in [0.15, 0.2) is 66.4 Å². The van der Waals surface area contributed by atoms with Crippen molar-refractivity contribution in [3.8, 4) is 0 Å². The Morgan fingerprint density at radius 3 is 2.57 bits per heavy atom. The quantitative estimate of drug-likeness (QED) is 0.175. The van der Waals surface area contributed by atoms with Crippen LogP contribution in [0.5, 0.6) is 0 Å². The molecule has 1 aliphatic rings. The fourth-order valence-corrected chi connectivity index (χ4v) is 5.92. The Kier molecular flexibility index (Phi) is 5.36. The highest BCUT2D eigenvalue weighted by Crippen LogP contribution is 2.44. The maximum Gasteiger partial charge on any atom is 0.301 e. The van der Waals surface area contributed by atoms with E-state index in [4.69, 9.17) is 11.6 Å². The van der Waals surface area contributed by atoms with E-state index in [1.54, 1.807) is 25.1 Å². The van der Waals surface area contributed by atoms with Gasteiger partial charge in [0.25, 0.3) is 5.78 Å². The highest BCUT2D eigenvalue weighted by molar-refractivity contribution is 7.22. The fraction of sp³-hybridized carbons (Fsp3) is 0.111. The number of ketones is 1. The largest absolute Gasteiger partial charge is 0.505 e. The van der Waals surface area contributed by atoms with Gasteiger partial charge in [0.15, 0.2) is 10.9 Å². The molecule has 1 N–H and O–H groups in total. The Balaban J connectivity index is 1.60. The van der Waals surface area contributed by atoms with E-state index in [9.17, 15) is 19.1 Å². The predicted octanol–water partition coefficient (Wildman–Crippen LogP) is 5.98. The van der Waals surface area contributed by atoms with Crippen LogP contribution in [0.3, 0.4) is 0 Å². The number of nitrogens with zero attached hydrogens (tertiary/aromatic N) is 4. The summed E-state index contributed by atoms with van der Waals surface area (Å²) < 4.78 is 16.4. The molecule has 1 unspecified atom stereocenters. The van der Waals surface area contributed by atoms with Gasteiger partial charge in [-0.1, -0.05) is 41.1 Å². The van der Waals surface area contributed by atoms with E-state index < -0.39 is 29.3 Å². The minimum absolute atomic E-state index is 0.141. The summed E-state index contributed by atoms with van der Waals surface area (Å²) in [6.07, 6.45) is 1.81. The van der Waals surface area contributed by atoms with Gasteiger partial charge in [0.1, 0.15) is 17.2 Å². The van der Waals surface area contributed by atoms with Crippen molar-refractivity contribution < 1.29 is 19.1 Å². The normalized spacial score (nSPS) is 17.4. The second-order valence-electron chi connectivity index (χ2n) is 8.76. The first-order chi connectivity index (χ1) is 17.7. The van der Waals surface area contributed by atoms with Crippen LogP contribution in [0, 0.1) is 19.7 Å². The fourth-order valence-electron chi connectivity index (χ4n) is 4.65. The summed E-state index contributed by atoms with van der Waals surface area (Å²) in [5, 5.41) is 12.3. The average Bonchev–Trinajstić information content (AvgIpc) is 3.52. The predicted molar refractivity (Wildman–Crippen MR) is 140 cm³/mol. The number of aromatic nitrogens is 3. The lowest BCUT2D eigenvalue weighted by Gasteiger charge is -2.22. The zero-order valence-corrected chi connectivity index (χ0v) is 21.1. The van der Waals surface area contributed by atoms with Gasteiger partial charge in [0, 0.05) is 11.2 Å². The molecule has 0 radical (unpaired) electrons. The van der Waals surface area contributed by atoms with Gasteiger partial charge in [-0.05, 0) is 61.4 Å². The van der Waals surface area contributed by atoms with Gasteiger partial charge in [-0.2, -0.15) is 0 Å². The number of aryl methyl sites for hydroxylation is 2. The van der Waals surface area contributed by atoms with Crippen molar-refractivity contribution in [3.63, 3.8) is 0 Å². The number of pyridine rings is 1. The lowest BCUT2D eigenvalue weighted by Crippen LogP contribution is -2.29. The first-order valence-corrected chi connectivity index (χ1v) is 12.5. The number of imidazole rings is 1. The Morgan fingerprint density at radius 2 is 1.84 bits per heavy atom. The number of halogens is 2. The number of thiazole rings is 1. The number of aliphatic hydroxyl groups excluding tert-OH is 1. The number of carbonyl (C=O) groups excluding carboxylic acids is 2. The molecule has 5 aromatic rings. The highest BCUT2D eigenvalue weighted by Gasteiger charge is 2.48. The second-order valence-corrected chi connectivity index (χ2v) is 10.2. The van der Waals surface area contributed by atoms with Crippen molar-refractivity contribution in [1.82, 2.24) is 14.4 Å². The zero-order valence-electron chi connectivity index (χ0n) is 19.6. The van der Waals surface area contributed by atoms with Crippen molar-refractivity contribution in [2.45, 2.75) is 19.9 Å². The Hall–Kier alpha value is -4.08. The van der Waals surface area contributed by atoms with Gasteiger partial charge in [0.05, 0.1) is 27.5 Å². The van der Waals surface area contributed by atoms with Crippen LogP contribution in [0.1, 0.15) is 28.6 Å². The number of amides is 1. The molecule has 1 saturated heterocycles. The van der Waals surface area contributed by atoms with Crippen molar-refractivity contribution in [2.75, 3.05) is 4.90 Å². The Labute approximate surface area is 219 Å². The molecule has 3 aromatic heterocycles. The third kappa shape index (κ3) is 3.61. The SMILES string of the molecule is Cc1cccn2c(C)c(/C(O)=C3\C(=O)C(=O)N(c4nc5ccc(Cl)cc5s4)C3c3ccc(F)cc3)nc12.